The monoisotopic (exact) mass is 404 g/mol. The molecule has 6 heteroatoms. The number of hydrogen-bond donors (Lipinski definition) is 0. The van der Waals surface area contributed by atoms with Crippen LogP contribution in [-0.4, -0.2) is 56.8 Å². The lowest BCUT2D eigenvalue weighted by Gasteiger charge is -2.51. The molecule has 1 aromatic carbocycles. The van der Waals surface area contributed by atoms with E-state index in [1.54, 1.807) is 0 Å². The average molecular weight is 404 g/mol. The maximum Gasteiger partial charge on any atom is 0.274 e. The Morgan fingerprint density at radius 2 is 1.83 bits per heavy atom. The standard InChI is InChI=1S/C24H25FN4O/c1-15-3-2-4-21-26-20(14-28(15)21)24(30)29-13-19(16-5-7-18(25)8-6-16)23-22(29)17-9-11-27(23)12-10-17/h2-8,14,17,19,22-23H,9-13H2,1H3/t19-,22+,23+/m1/s1. The summed E-state index contributed by atoms with van der Waals surface area (Å²) in [4.78, 5) is 22.9. The molecule has 4 aliphatic heterocycles. The lowest BCUT2D eigenvalue weighted by Crippen LogP contribution is -2.60. The van der Waals surface area contributed by atoms with Crippen molar-refractivity contribution in [3.63, 3.8) is 0 Å². The van der Waals surface area contributed by atoms with Gasteiger partial charge >= 0.3 is 0 Å². The van der Waals surface area contributed by atoms with E-state index in [2.05, 4.69) is 14.8 Å². The molecule has 4 fully saturated rings. The van der Waals surface area contributed by atoms with Crippen molar-refractivity contribution < 1.29 is 9.18 Å². The fraction of sp³-hybridized carbons (Fsp3) is 0.417. The van der Waals surface area contributed by atoms with E-state index in [0.717, 1.165) is 42.8 Å². The number of rotatable bonds is 2. The van der Waals surface area contributed by atoms with Gasteiger partial charge in [0.2, 0.25) is 0 Å². The van der Waals surface area contributed by atoms with Crippen LogP contribution in [0.4, 0.5) is 4.39 Å². The Balaban J connectivity index is 1.39. The van der Waals surface area contributed by atoms with Crippen LogP contribution >= 0.6 is 0 Å². The number of nitrogens with zero attached hydrogens (tertiary/aromatic N) is 4. The maximum atomic E-state index is 13.7. The Kier molecular flexibility index (Phi) is 4.00. The second-order valence-corrected chi connectivity index (χ2v) is 8.99. The SMILES string of the molecule is Cc1cccc2nc(C(=O)N3C[C@H](c4ccc(F)cc4)[C@H]4[C@@H]3C3CCN4CC3)cn12. The lowest BCUT2D eigenvalue weighted by molar-refractivity contribution is -0.00356. The molecule has 2 bridgehead atoms. The van der Waals surface area contributed by atoms with Gasteiger partial charge in [-0.15, -0.1) is 0 Å². The van der Waals surface area contributed by atoms with E-state index in [1.807, 2.05) is 47.9 Å². The first-order valence-corrected chi connectivity index (χ1v) is 10.9. The summed E-state index contributed by atoms with van der Waals surface area (Å²) in [5.74, 6) is 0.549. The van der Waals surface area contributed by atoms with Crippen molar-refractivity contribution in [2.45, 2.75) is 37.8 Å². The number of aromatic nitrogens is 2. The number of carbonyl (C=O) groups is 1. The third-order valence-corrected chi connectivity index (χ3v) is 7.47. The van der Waals surface area contributed by atoms with Crippen LogP contribution in [0.3, 0.4) is 0 Å². The normalized spacial score (nSPS) is 30.1. The van der Waals surface area contributed by atoms with Gasteiger partial charge in [-0.1, -0.05) is 18.2 Å². The third-order valence-electron chi connectivity index (χ3n) is 7.47. The average Bonchev–Trinajstić information content (AvgIpc) is 3.39. The number of carbonyl (C=O) groups excluding carboxylic acids is 1. The summed E-state index contributed by atoms with van der Waals surface area (Å²) >= 11 is 0. The second-order valence-electron chi connectivity index (χ2n) is 8.99. The minimum Gasteiger partial charge on any atom is -0.332 e. The first kappa shape index (κ1) is 18.1. The number of amides is 1. The number of aryl methyl sites for hydroxylation is 1. The number of pyridine rings is 1. The van der Waals surface area contributed by atoms with Gasteiger partial charge in [0.15, 0.2) is 0 Å². The van der Waals surface area contributed by atoms with Crippen molar-refractivity contribution in [2.24, 2.45) is 5.92 Å². The zero-order chi connectivity index (χ0) is 20.4. The van der Waals surface area contributed by atoms with Crippen LogP contribution < -0.4 is 0 Å². The second kappa shape index (κ2) is 6.64. The zero-order valence-corrected chi connectivity index (χ0v) is 17.0. The summed E-state index contributed by atoms with van der Waals surface area (Å²) in [7, 11) is 0. The molecule has 6 heterocycles. The molecule has 1 amide bonds. The van der Waals surface area contributed by atoms with Crippen molar-refractivity contribution in [2.75, 3.05) is 19.6 Å². The molecule has 4 saturated heterocycles. The van der Waals surface area contributed by atoms with Crippen LogP contribution in [-0.2, 0) is 0 Å². The Hall–Kier alpha value is -2.73. The highest BCUT2D eigenvalue weighted by molar-refractivity contribution is 5.93. The molecule has 0 spiro atoms. The van der Waals surface area contributed by atoms with Gasteiger partial charge < -0.3 is 9.30 Å². The molecule has 3 aromatic rings. The highest BCUT2D eigenvalue weighted by Gasteiger charge is 2.54. The van der Waals surface area contributed by atoms with Crippen LogP contribution in [0.25, 0.3) is 5.65 Å². The van der Waals surface area contributed by atoms with E-state index in [1.165, 1.54) is 12.1 Å². The third kappa shape index (κ3) is 2.63. The van der Waals surface area contributed by atoms with Crippen molar-refractivity contribution in [3.05, 3.63) is 71.4 Å². The zero-order valence-electron chi connectivity index (χ0n) is 17.0. The summed E-state index contributed by atoms with van der Waals surface area (Å²) in [5, 5.41) is 0. The fourth-order valence-electron chi connectivity index (χ4n) is 6.06. The van der Waals surface area contributed by atoms with Gasteiger partial charge in [0.05, 0.1) is 6.04 Å². The minimum atomic E-state index is -0.216. The molecule has 0 unspecified atom stereocenters. The van der Waals surface area contributed by atoms with Gasteiger partial charge in [-0.3, -0.25) is 9.69 Å². The Morgan fingerprint density at radius 3 is 2.57 bits per heavy atom. The van der Waals surface area contributed by atoms with Crippen LogP contribution in [0.5, 0.6) is 0 Å². The molecule has 4 aliphatic rings. The topological polar surface area (TPSA) is 40.9 Å². The highest BCUT2D eigenvalue weighted by atomic mass is 19.1. The molecular formula is C24H25FN4O. The predicted octanol–water partition coefficient (Wildman–Crippen LogP) is 3.48. The fourth-order valence-corrected chi connectivity index (χ4v) is 6.06. The van der Waals surface area contributed by atoms with Crippen LogP contribution in [0.1, 0.15) is 40.5 Å². The van der Waals surface area contributed by atoms with Gasteiger partial charge in [-0.25, -0.2) is 9.37 Å². The Labute approximate surface area is 175 Å². The Morgan fingerprint density at radius 1 is 1.07 bits per heavy atom. The van der Waals surface area contributed by atoms with Crippen molar-refractivity contribution in [1.82, 2.24) is 19.2 Å². The summed E-state index contributed by atoms with van der Waals surface area (Å²) in [6.45, 7) is 4.88. The van der Waals surface area contributed by atoms with Gasteiger partial charge in [-0.2, -0.15) is 0 Å². The number of likely N-dealkylation sites (tertiary alicyclic amines) is 1. The van der Waals surface area contributed by atoms with E-state index < -0.39 is 0 Å². The molecule has 0 saturated carbocycles. The molecule has 0 radical (unpaired) electrons. The molecular weight excluding hydrogens is 379 g/mol. The summed E-state index contributed by atoms with van der Waals surface area (Å²) in [5.41, 5.74) is 3.50. The molecule has 3 atom stereocenters. The van der Waals surface area contributed by atoms with Crippen molar-refractivity contribution >= 4 is 11.6 Å². The number of piperidine rings is 3. The van der Waals surface area contributed by atoms with E-state index in [0.29, 0.717) is 24.2 Å². The summed E-state index contributed by atoms with van der Waals surface area (Å²) < 4.78 is 15.5. The van der Waals surface area contributed by atoms with Crippen molar-refractivity contribution in [1.29, 1.82) is 0 Å². The smallest absolute Gasteiger partial charge is 0.274 e. The van der Waals surface area contributed by atoms with Crippen LogP contribution in [0, 0.1) is 18.7 Å². The van der Waals surface area contributed by atoms with Gasteiger partial charge in [0.25, 0.3) is 5.91 Å². The molecule has 0 aliphatic carbocycles. The first-order chi connectivity index (χ1) is 14.6. The van der Waals surface area contributed by atoms with Gasteiger partial charge in [0, 0.05) is 30.4 Å². The maximum absolute atomic E-state index is 13.7. The molecule has 7 rings (SSSR count). The highest BCUT2D eigenvalue weighted by Crippen LogP contribution is 2.46. The lowest BCUT2D eigenvalue weighted by atomic mass is 9.75. The number of imidazole rings is 1. The molecule has 30 heavy (non-hydrogen) atoms. The predicted molar refractivity (Wildman–Crippen MR) is 112 cm³/mol. The van der Waals surface area contributed by atoms with Crippen LogP contribution in [0.15, 0.2) is 48.7 Å². The Bertz CT molecular complexity index is 1120. The quantitative estimate of drug-likeness (QED) is 0.657. The van der Waals surface area contributed by atoms with Gasteiger partial charge in [-0.05, 0) is 68.6 Å². The number of halogens is 1. The van der Waals surface area contributed by atoms with E-state index in [4.69, 9.17) is 0 Å². The van der Waals surface area contributed by atoms with E-state index in [-0.39, 0.29) is 23.7 Å². The van der Waals surface area contributed by atoms with E-state index >= 15 is 0 Å². The molecule has 2 aromatic heterocycles. The molecule has 5 nitrogen and oxygen atoms in total. The first-order valence-electron chi connectivity index (χ1n) is 10.9. The summed E-state index contributed by atoms with van der Waals surface area (Å²) in [6, 6.07) is 13.3. The van der Waals surface area contributed by atoms with Gasteiger partial charge in [0.1, 0.15) is 17.2 Å². The van der Waals surface area contributed by atoms with Crippen LogP contribution in [0.2, 0.25) is 0 Å². The number of hydrogen-bond acceptors (Lipinski definition) is 3. The van der Waals surface area contributed by atoms with Crippen molar-refractivity contribution in [3.8, 4) is 0 Å². The minimum absolute atomic E-state index is 0.0199. The number of fused-ring (bicyclic) bond motifs is 3. The summed E-state index contributed by atoms with van der Waals surface area (Å²) in [6.07, 6.45) is 4.16. The van der Waals surface area contributed by atoms with E-state index in [9.17, 15) is 9.18 Å². The number of benzene rings is 1. The largest absolute Gasteiger partial charge is 0.332 e. The molecule has 0 N–H and O–H groups in total. The molecule has 154 valence electrons.